The fraction of sp³-hybridized carbons (Fsp3) is 0.889. The van der Waals surface area contributed by atoms with Crippen LogP contribution in [-0.4, -0.2) is 30.9 Å². The van der Waals surface area contributed by atoms with Gasteiger partial charge in [0.05, 0.1) is 0 Å². The van der Waals surface area contributed by atoms with Crippen LogP contribution in [0.5, 0.6) is 0 Å². The quantitative estimate of drug-likeness (QED) is 0.651. The maximum absolute atomic E-state index is 10.5. The zero-order chi connectivity index (χ0) is 9.14. The number of hydrogen-bond donors (Lipinski definition) is 1. The Kier molecular flexibility index (Phi) is 3.09. The zero-order valence-electron chi connectivity index (χ0n) is 7.92. The number of amides is 1. The van der Waals surface area contributed by atoms with Crippen LogP contribution in [-0.2, 0) is 4.79 Å². The smallest absolute Gasteiger partial charge is 0.218 e. The standard InChI is InChI=1S/C9H18N2O/c1-7-5-8(7)6-11(2)4-3-9(10)12/h7-8H,3-6H2,1-2H3,(H2,10,12). The van der Waals surface area contributed by atoms with Gasteiger partial charge in [0.15, 0.2) is 0 Å². The van der Waals surface area contributed by atoms with Gasteiger partial charge in [0, 0.05) is 19.5 Å². The lowest BCUT2D eigenvalue weighted by Crippen LogP contribution is -2.26. The SMILES string of the molecule is CC1CC1CN(C)CCC(N)=O. The molecule has 0 saturated heterocycles. The average molecular weight is 170 g/mol. The molecule has 2 N–H and O–H groups in total. The van der Waals surface area contributed by atoms with E-state index < -0.39 is 0 Å². The normalized spacial score (nSPS) is 27.6. The fourth-order valence-corrected chi connectivity index (χ4v) is 1.45. The van der Waals surface area contributed by atoms with Gasteiger partial charge in [-0.15, -0.1) is 0 Å². The van der Waals surface area contributed by atoms with Gasteiger partial charge in [0.25, 0.3) is 0 Å². The summed E-state index contributed by atoms with van der Waals surface area (Å²) in [5.74, 6) is 1.55. The molecule has 0 aromatic heterocycles. The third-order valence-electron chi connectivity index (χ3n) is 2.56. The first-order valence-corrected chi connectivity index (χ1v) is 4.56. The Morgan fingerprint density at radius 2 is 2.25 bits per heavy atom. The molecule has 0 aliphatic heterocycles. The zero-order valence-corrected chi connectivity index (χ0v) is 7.92. The number of nitrogens with two attached hydrogens (primary N) is 1. The van der Waals surface area contributed by atoms with Crippen LogP contribution in [0.15, 0.2) is 0 Å². The summed E-state index contributed by atoms with van der Waals surface area (Å²) >= 11 is 0. The first-order chi connectivity index (χ1) is 5.59. The van der Waals surface area contributed by atoms with Crippen LogP contribution in [0.4, 0.5) is 0 Å². The minimum absolute atomic E-state index is 0.203. The summed E-state index contributed by atoms with van der Waals surface area (Å²) in [6.07, 6.45) is 1.83. The Hall–Kier alpha value is -0.570. The van der Waals surface area contributed by atoms with Crippen LogP contribution >= 0.6 is 0 Å². The van der Waals surface area contributed by atoms with Crippen LogP contribution in [0.3, 0.4) is 0 Å². The second-order valence-electron chi connectivity index (χ2n) is 3.95. The van der Waals surface area contributed by atoms with Gasteiger partial charge in [-0.2, -0.15) is 0 Å². The molecule has 0 spiro atoms. The number of nitrogens with zero attached hydrogens (tertiary/aromatic N) is 1. The van der Waals surface area contributed by atoms with Gasteiger partial charge in [-0.1, -0.05) is 6.92 Å². The molecule has 1 aliphatic carbocycles. The van der Waals surface area contributed by atoms with Gasteiger partial charge < -0.3 is 10.6 Å². The molecule has 70 valence electrons. The molecular weight excluding hydrogens is 152 g/mol. The van der Waals surface area contributed by atoms with Crippen molar-refractivity contribution in [1.29, 1.82) is 0 Å². The van der Waals surface area contributed by atoms with Crippen molar-refractivity contribution in [2.45, 2.75) is 19.8 Å². The van der Waals surface area contributed by atoms with E-state index in [1.807, 2.05) is 7.05 Å². The van der Waals surface area contributed by atoms with Gasteiger partial charge in [0.2, 0.25) is 5.91 Å². The molecule has 0 radical (unpaired) electrons. The van der Waals surface area contributed by atoms with Crippen molar-refractivity contribution in [2.75, 3.05) is 20.1 Å². The van der Waals surface area contributed by atoms with E-state index in [9.17, 15) is 4.79 Å². The molecule has 0 aromatic rings. The topological polar surface area (TPSA) is 46.3 Å². The number of primary amides is 1. The average Bonchev–Trinajstić information content (AvgIpc) is 2.62. The second kappa shape index (κ2) is 3.90. The molecule has 0 bridgehead atoms. The summed E-state index contributed by atoms with van der Waals surface area (Å²) in [4.78, 5) is 12.7. The maximum atomic E-state index is 10.5. The third kappa shape index (κ3) is 3.22. The van der Waals surface area contributed by atoms with Crippen LogP contribution < -0.4 is 5.73 Å². The molecule has 1 rings (SSSR count). The van der Waals surface area contributed by atoms with Crippen molar-refractivity contribution in [2.24, 2.45) is 17.6 Å². The molecule has 1 fully saturated rings. The van der Waals surface area contributed by atoms with Gasteiger partial charge in [-0.05, 0) is 25.3 Å². The highest BCUT2D eigenvalue weighted by Crippen LogP contribution is 2.37. The summed E-state index contributed by atoms with van der Waals surface area (Å²) in [7, 11) is 2.05. The van der Waals surface area contributed by atoms with E-state index in [4.69, 9.17) is 5.73 Å². The van der Waals surface area contributed by atoms with Crippen molar-refractivity contribution in [1.82, 2.24) is 4.90 Å². The van der Waals surface area contributed by atoms with Crippen LogP contribution in [0.1, 0.15) is 19.8 Å². The molecule has 0 aromatic carbocycles. The Labute approximate surface area is 73.9 Å². The van der Waals surface area contributed by atoms with E-state index >= 15 is 0 Å². The largest absolute Gasteiger partial charge is 0.370 e. The van der Waals surface area contributed by atoms with Crippen molar-refractivity contribution in [3.8, 4) is 0 Å². The molecule has 1 saturated carbocycles. The molecule has 3 heteroatoms. The molecule has 0 heterocycles. The van der Waals surface area contributed by atoms with Gasteiger partial charge >= 0.3 is 0 Å². The van der Waals surface area contributed by atoms with Crippen molar-refractivity contribution >= 4 is 5.91 Å². The molecule has 3 nitrogen and oxygen atoms in total. The lowest BCUT2D eigenvalue weighted by molar-refractivity contribution is -0.118. The van der Waals surface area contributed by atoms with Crippen LogP contribution in [0.2, 0.25) is 0 Å². The minimum Gasteiger partial charge on any atom is -0.370 e. The second-order valence-corrected chi connectivity index (χ2v) is 3.95. The van der Waals surface area contributed by atoms with E-state index in [2.05, 4.69) is 11.8 Å². The highest BCUT2D eigenvalue weighted by atomic mass is 16.1. The number of rotatable bonds is 5. The van der Waals surface area contributed by atoms with E-state index in [-0.39, 0.29) is 5.91 Å². The molecule has 12 heavy (non-hydrogen) atoms. The van der Waals surface area contributed by atoms with E-state index in [1.165, 1.54) is 6.42 Å². The van der Waals surface area contributed by atoms with Crippen molar-refractivity contribution < 1.29 is 4.79 Å². The monoisotopic (exact) mass is 170 g/mol. The highest BCUT2D eigenvalue weighted by molar-refractivity contribution is 5.73. The van der Waals surface area contributed by atoms with Gasteiger partial charge in [-0.3, -0.25) is 4.79 Å². The van der Waals surface area contributed by atoms with E-state index in [1.54, 1.807) is 0 Å². The lowest BCUT2D eigenvalue weighted by Gasteiger charge is -2.14. The lowest BCUT2D eigenvalue weighted by atomic mass is 10.3. The summed E-state index contributed by atoms with van der Waals surface area (Å²) in [6.45, 7) is 4.19. The third-order valence-corrected chi connectivity index (χ3v) is 2.56. The fourth-order valence-electron chi connectivity index (χ4n) is 1.45. The Balaban J connectivity index is 2.04. The highest BCUT2D eigenvalue weighted by Gasteiger charge is 2.32. The van der Waals surface area contributed by atoms with Gasteiger partial charge in [-0.25, -0.2) is 0 Å². The van der Waals surface area contributed by atoms with E-state index in [0.29, 0.717) is 6.42 Å². The summed E-state index contributed by atoms with van der Waals surface area (Å²) in [6, 6.07) is 0. The first kappa shape index (κ1) is 9.52. The van der Waals surface area contributed by atoms with Crippen LogP contribution in [0, 0.1) is 11.8 Å². The summed E-state index contributed by atoms with van der Waals surface area (Å²) < 4.78 is 0. The van der Waals surface area contributed by atoms with E-state index in [0.717, 1.165) is 24.9 Å². The molecule has 2 unspecified atom stereocenters. The predicted octanol–water partition coefficient (Wildman–Crippen LogP) is 0.450. The molecule has 2 atom stereocenters. The first-order valence-electron chi connectivity index (χ1n) is 4.56. The predicted molar refractivity (Wildman–Crippen MR) is 48.6 cm³/mol. The van der Waals surface area contributed by atoms with Crippen molar-refractivity contribution in [3.05, 3.63) is 0 Å². The maximum Gasteiger partial charge on any atom is 0.218 e. The Morgan fingerprint density at radius 1 is 1.67 bits per heavy atom. The summed E-state index contributed by atoms with van der Waals surface area (Å²) in [5.41, 5.74) is 5.05. The number of hydrogen-bond acceptors (Lipinski definition) is 2. The minimum atomic E-state index is -0.203. The number of carbonyl (C=O) groups is 1. The van der Waals surface area contributed by atoms with Crippen molar-refractivity contribution in [3.63, 3.8) is 0 Å². The van der Waals surface area contributed by atoms with Crippen LogP contribution in [0.25, 0.3) is 0 Å². The molecule has 1 aliphatic rings. The number of carbonyl (C=O) groups excluding carboxylic acids is 1. The molecule has 1 amide bonds. The summed E-state index contributed by atoms with van der Waals surface area (Å²) in [5, 5.41) is 0. The Bertz CT molecular complexity index is 170. The Morgan fingerprint density at radius 3 is 2.67 bits per heavy atom. The molecular formula is C9H18N2O. The van der Waals surface area contributed by atoms with Gasteiger partial charge in [0.1, 0.15) is 0 Å².